The number of hydrogen-bond acceptors (Lipinski definition) is 7. The van der Waals surface area contributed by atoms with Crippen molar-refractivity contribution < 1.29 is 14.1 Å². The third-order valence-electron chi connectivity index (χ3n) is 2.51. The minimum absolute atomic E-state index is 0.0979. The Morgan fingerprint density at radius 1 is 1.45 bits per heavy atom. The average molecular weight is 279 g/mol. The molecule has 0 radical (unpaired) electrons. The molecule has 1 aromatic heterocycles. The number of benzene rings is 1. The molecule has 0 unspecified atom stereocenters. The van der Waals surface area contributed by atoms with Gasteiger partial charge in [-0.2, -0.15) is 0 Å². The van der Waals surface area contributed by atoms with Gasteiger partial charge in [-0.25, -0.2) is 20.2 Å². The Morgan fingerprint density at radius 2 is 2.20 bits per heavy atom. The van der Waals surface area contributed by atoms with Crippen LogP contribution in [-0.2, 0) is 0 Å². The molecule has 0 amide bonds. The second-order valence-electron chi connectivity index (χ2n) is 3.77. The van der Waals surface area contributed by atoms with Crippen molar-refractivity contribution >= 4 is 11.5 Å². The molecule has 2 aromatic rings. The van der Waals surface area contributed by atoms with Crippen LogP contribution in [0, 0.1) is 22.9 Å². The van der Waals surface area contributed by atoms with E-state index in [-0.39, 0.29) is 17.3 Å². The van der Waals surface area contributed by atoms with Crippen LogP contribution < -0.4 is 16.0 Å². The first-order valence-corrected chi connectivity index (χ1v) is 5.43. The van der Waals surface area contributed by atoms with Crippen molar-refractivity contribution in [2.24, 2.45) is 5.84 Å². The van der Waals surface area contributed by atoms with Crippen LogP contribution in [0.15, 0.2) is 24.5 Å². The van der Waals surface area contributed by atoms with Crippen molar-refractivity contribution in [2.45, 2.75) is 6.92 Å². The molecule has 0 fully saturated rings. The zero-order chi connectivity index (χ0) is 14.7. The highest BCUT2D eigenvalue weighted by molar-refractivity contribution is 5.48. The van der Waals surface area contributed by atoms with Gasteiger partial charge in [-0.1, -0.05) is 0 Å². The predicted molar refractivity (Wildman–Crippen MR) is 67.7 cm³/mol. The van der Waals surface area contributed by atoms with E-state index in [0.29, 0.717) is 11.4 Å². The van der Waals surface area contributed by atoms with E-state index >= 15 is 0 Å². The van der Waals surface area contributed by atoms with Gasteiger partial charge in [0.15, 0.2) is 11.6 Å². The maximum absolute atomic E-state index is 13.7. The number of nitrogens with two attached hydrogens (primary N) is 1. The first-order valence-electron chi connectivity index (χ1n) is 5.43. The number of halogens is 1. The van der Waals surface area contributed by atoms with E-state index < -0.39 is 10.7 Å². The van der Waals surface area contributed by atoms with Crippen LogP contribution >= 0.6 is 0 Å². The fourth-order valence-electron chi connectivity index (χ4n) is 1.47. The number of hydrazine groups is 1. The van der Waals surface area contributed by atoms with Gasteiger partial charge in [0.2, 0.25) is 5.88 Å². The van der Waals surface area contributed by atoms with Crippen molar-refractivity contribution in [1.29, 1.82) is 0 Å². The molecular formula is C11H10FN5O3. The molecule has 0 spiro atoms. The topological polar surface area (TPSA) is 116 Å². The van der Waals surface area contributed by atoms with E-state index in [1.165, 1.54) is 6.33 Å². The van der Waals surface area contributed by atoms with Crippen LogP contribution in [0.5, 0.6) is 11.6 Å². The summed E-state index contributed by atoms with van der Waals surface area (Å²) in [7, 11) is 0. The molecule has 1 heterocycles. The summed E-state index contributed by atoms with van der Waals surface area (Å²) in [6.07, 6.45) is 1.20. The summed E-state index contributed by atoms with van der Waals surface area (Å²) in [5.74, 6) is 4.64. The number of nitro groups is 1. The molecule has 0 aliphatic heterocycles. The van der Waals surface area contributed by atoms with Gasteiger partial charge in [-0.3, -0.25) is 10.1 Å². The minimum atomic E-state index is -0.862. The molecule has 8 nitrogen and oxygen atoms in total. The van der Waals surface area contributed by atoms with Crippen LogP contribution in [0.25, 0.3) is 0 Å². The highest BCUT2D eigenvalue weighted by Gasteiger charge is 2.14. The first kappa shape index (κ1) is 13.6. The van der Waals surface area contributed by atoms with Gasteiger partial charge < -0.3 is 10.2 Å². The molecule has 0 aliphatic carbocycles. The fraction of sp³-hybridized carbons (Fsp3) is 0.0909. The minimum Gasteiger partial charge on any atom is -0.435 e. The van der Waals surface area contributed by atoms with Gasteiger partial charge in [0.1, 0.15) is 12.1 Å². The monoisotopic (exact) mass is 279 g/mol. The Balaban J connectivity index is 2.33. The van der Waals surface area contributed by atoms with Gasteiger partial charge in [0, 0.05) is 6.07 Å². The maximum Gasteiger partial charge on any atom is 0.272 e. The number of aromatic nitrogens is 2. The lowest BCUT2D eigenvalue weighted by Crippen LogP contribution is -2.11. The Morgan fingerprint density at radius 3 is 2.80 bits per heavy atom. The molecular weight excluding hydrogens is 269 g/mol. The van der Waals surface area contributed by atoms with E-state index in [9.17, 15) is 14.5 Å². The highest BCUT2D eigenvalue weighted by Crippen LogP contribution is 2.29. The number of nitro benzene ring substituents is 1. The second-order valence-corrected chi connectivity index (χ2v) is 3.77. The van der Waals surface area contributed by atoms with Gasteiger partial charge in [0.05, 0.1) is 16.6 Å². The fourth-order valence-corrected chi connectivity index (χ4v) is 1.47. The van der Waals surface area contributed by atoms with E-state index in [1.807, 2.05) is 0 Å². The second kappa shape index (κ2) is 5.45. The summed E-state index contributed by atoms with van der Waals surface area (Å²) in [5.41, 5.74) is 2.46. The number of anilines is 1. The zero-order valence-electron chi connectivity index (χ0n) is 10.3. The molecule has 0 bridgehead atoms. The molecule has 0 atom stereocenters. The number of nitrogens with zero attached hydrogens (tertiary/aromatic N) is 3. The molecule has 104 valence electrons. The lowest BCUT2D eigenvalue weighted by atomic mass is 10.3. The van der Waals surface area contributed by atoms with E-state index in [4.69, 9.17) is 10.6 Å². The third-order valence-corrected chi connectivity index (χ3v) is 2.51. The molecule has 0 aliphatic rings. The van der Waals surface area contributed by atoms with Crippen LogP contribution in [0.3, 0.4) is 0 Å². The lowest BCUT2D eigenvalue weighted by molar-refractivity contribution is -0.385. The normalized spacial score (nSPS) is 10.2. The van der Waals surface area contributed by atoms with Gasteiger partial charge in [0.25, 0.3) is 5.69 Å². The van der Waals surface area contributed by atoms with Crippen molar-refractivity contribution in [3.8, 4) is 11.6 Å². The Hall–Kier alpha value is -2.81. The van der Waals surface area contributed by atoms with Gasteiger partial charge in [-0.15, -0.1) is 0 Å². The molecule has 1 aromatic carbocycles. The molecule has 3 N–H and O–H groups in total. The van der Waals surface area contributed by atoms with Gasteiger partial charge >= 0.3 is 0 Å². The maximum atomic E-state index is 13.7. The molecule has 0 saturated heterocycles. The summed E-state index contributed by atoms with van der Waals surface area (Å²) in [6, 6.07) is 3.07. The highest BCUT2D eigenvalue weighted by atomic mass is 19.1. The smallest absolute Gasteiger partial charge is 0.272 e. The molecule has 20 heavy (non-hydrogen) atoms. The van der Waals surface area contributed by atoms with E-state index in [2.05, 4.69) is 15.4 Å². The standard InChI is InChI=1S/C11H10FN5O3/c1-6-10(16-13)14-5-15-11(6)20-9-3-2-7(17(18)19)4-8(9)12/h2-5H,13H2,1H3,(H,14,15,16). The number of nitrogens with one attached hydrogen (secondary N) is 1. The summed E-state index contributed by atoms with van der Waals surface area (Å²) in [4.78, 5) is 17.5. The average Bonchev–Trinajstić information content (AvgIpc) is 2.43. The van der Waals surface area contributed by atoms with E-state index in [1.54, 1.807) is 6.92 Å². The predicted octanol–water partition coefficient (Wildman–Crippen LogP) is 1.91. The Labute approximate surface area is 112 Å². The van der Waals surface area contributed by atoms with Crippen molar-refractivity contribution in [1.82, 2.24) is 9.97 Å². The number of non-ortho nitro benzene ring substituents is 1. The van der Waals surface area contributed by atoms with Gasteiger partial charge in [-0.05, 0) is 13.0 Å². The summed E-state index contributed by atoms with van der Waals surface area (Å²) < 4.78 is 19.0. The summed E-state index contributed by atoms with van der Waals surface area (Å²) >= 11 is 0. The van der Waals surface area contributed by atoms with Crippen LogP contribution in [0.1, 0.15) is 5.56 Å². The third kappa shape index (κ3) is 2.62. The Bertz CT molecular complexity index is 665. The number of rotatable bonds is 4. The lowest BCUT2D eigenvalue weighted by Gasteiger charge is -2.10. The summed E-state index contributed by atoms with van der Waals surface area (Å²) in [5, 5.41) is 10.5. The molecule has 0 saturated carbocycles. The molecule has 2 rings (SSSR count). The van der Waals surface area contributed by atoms with Crippen molar-refractivity contribution in [2.75, 3.05) is 5.43 Å². The van der Waals surface area contributed by atoms with Crippen LogP contribution in [0.4, 0.5) is 15.9 Å². The zero-order valence-corrected chi connectivity index (χ0v) is 10.3. The SMILES string of the molecule is Cc1c(NN)ncnc1Oc1ccc([N+](=O)[O-])cc1F. The van der Waals surface area contributed by atoms with E-state index in [0.717, 1.165) is 18.2 Å². The number of ether oxygens (including phenoxy) is 1. The number of hydrogen-bond donors (Lipinski definition) is 2. The largest absolute Gasteiger partial charge is 0.435 e. The first-order chi connectivity index (χ1) is 9.52. The van der Waals surface area contributed by atoms with Crippen molar-refractivity contribution in [3.63, 3.8) is 0 Å². The quantitative estimate of drug-likeness (QED) is 0.498. The molecule has 9 heteroatoms. The summed E-state index contributed by atoms with van der Waals surface area (Å²) in [6.45, 7) is 1.63. The van der Waals surface area contributed by atoms with Crippen molar-refractivity contribution in [3.05, 3.63) is 46.0 Å². The van der Waals surface area contributed by atoms with Crippen LogP contribution in [-0.4, -0.2) is 14.9 Å². The number of nitrogen functional groups attached to an aromatic ring is 1. The van der Waals surface area contributed by atoms with Crippen LogP contribution in [0.2, 0.25) is 0 Å². The Kier molecular flexibility index (Phi) is 3.71.